The fraction of sp³-hybridized carbons (Fsp3) is 0.261. The summed E-state index contributed by atoms with van der Waals surface area (Å²) in [5.74, 6) is -0.444. The fourth-order valence-corrected chi connectivity index (χ4v) is 3.63. The maximum absolute atomic E-state index is 13.2. The molecule has 0 saturated carbocycles. The molecule has 2 N–H and O–H groups in total. The van der Waals surface area contributed by atoms with Crippen LogP contribution in [0.25, 0.3) is 0 Å². The smallest absolute Gasteiger partial charge is 0.337 e. The van der Waals surface area contributed by atoms with E-state index in [1.54, 1.807) is 19.2 Å². The third-order valence-electron chi connectivity index (χ3n) is 5.19. The minimum Gasteiger partial charge on any atom is -0.496 e. The molecule has 0 unspecified atom stereocenters. The predicted molar refractivity (Wildman–Crippen MR) is 110 cm³/mol. The Balaban J connectivity index is 1.84. The van der Waals surface area contributed by atoms with E-state index >= 15 is 0 Å². The van der Waals surface area contributed by atoms with Crippen LogP contribution < -0.4 is 10.1 Å². The van der Waals surface area contributed by atoms with Crippen LogP contribution in [0.3, 0.4) is 0 Å². The summed E-state index contributed by atoms with van der Waals surface area (Å²) in [7, 11) is 1.63. The highest BCUT2D eigenvalue weighted by Crippen LogP contribution is 2.24. The molecule has 0 amide bonds. The zero-order valence-electron chi connectivity index (χ0n) is 16.8. The van der Waals surface area contributed by atoms with Gasteiger partial charge in [0.2, 0.25) is 0 Å². The van der Waals surface area contributed by atoms with Crippen LogP contribution in [0.2, 0.25) is 0 Å². The molecule has 1 heterocycles. The standard InChI is InChI=1S/C23H25FN2O3/c1-15-20(13-25-12-18-6-4-5-7-21(18)29-3)22(23(27)28)16(2)26(15)14-17-8-10-19(24)11-9-17/h4-11,25H,12-14H2,1-3H3,(H,27,28). The number of carboxylic acids is 1. The van der Waals surface area contributed by atoms with Gasteiger partial charge in [-0.25, -0.2) is 9.18 Å². The second kappa shape index (κ2) is 8.92. The Kier molecular flexibility index (Phi) is 6.34. The molecule has 0 fully saturated rings. The number of benzene rings is 2. The highest BCUT2D eigenvalue weighted by molar-refractivity contribution is 5.91. The van der Waals surface area contributed by atoms with Gasteiger partial charge in [-0.3, -0.25) is 0 Å². The number of carboxylic acid groups (broad SMARTS) is 1. The number of hydrogen-bond donors (Lipinski definition) is 2. The summed E-state index contributed by atoms with van der Waals surface area (Å²) in [6, 6.07) is 14.0. The summed E-state index contributed by atoms with van der Waals surface area (Å²) in [5.41, 5.74) is 4.57. The van der Waals surface area contributed by atoms with Crippen LogP contribution in [-0.4, -0.2) is 22.8 Å². The normalized spacial score (nSPS) is 10.9. The minimum absolute atomic E-state index is 0.290. The minimum atomic E-state index is -0.947. The van der Waals surface area contributed by atoms with Crippen LogP contribution in [0.5, 0.6) is 5.75 Å². The van der Waals surface area contributed by atoms with Gasteiger partial charge in [0, 0.05) is 42.1 Å². The maximum atomic E-state index is 13.2. The molecule has 152 valence electrons. The topological polar surface area (TPSA) is 63.5 Å². The van der Waals surface area contributed by atoms with E-state index in [1.807, 2.05) is 42.7 Å². The molecule has 3 aromatic rings. The lowest BCUT2D eigenvalue weighted by molar-refractivity contribution is 0.0694. The number of rotatable bonds is 8. The van der Waals surface area contributed by atoms with Crippen molar-refractivity contribution in [3.05, 3.63) is 88.0 Å². The summed E-state index contributed by atoms with van der Waals surface area (Å²) < 4.78 is 20.5. The molecule has 0 bridgehead atoms. The molecule has 6 heteroatoms. The number of carbonyl (C=O) groups is 1. The van der Waals surface area contributed by atoms with Crippen LogP contribution in [0.15, 0.2) is 48.5 Å². The fourth-order valence-electron chi connectivity index (χ4n) is 3.63. The predicted octanol–water partition coefficient (Wildman–Crippen LogP) is 4.29. The van der Waals surface area contributed by atoms with Gasteiger partial charge in [0.15, 0.2) is 0 Å². The van der Waals surface area contributed by atoms with E-state index < -0.39 is 5.97 Å². The average molecular weight is 396 g/mol. The van der Waals surface area contributed by atoms with E-state index in [4.69, 9.17) is 4.74 Å². The number of para-hydroxylation sites is 1. The van der Waals surface area contributed by atoms with E-state index in [-0.39, 0.29) is 5.82 Å². The van der Waals surface area contributed by atoms with Crippen molar-refractivity contribution < 1.29 is 19.0 Å². The maximum Gasteiger partial charge on any atom is 0.337 e. The molecule has 0 radical (unpaired) electrons. The zero-order chi connectivity index (χ0) is 21.0. The second-order valence-electron chi connectivity index (χ2n) is 6.96. The first-order chi connectivity index (χ1) is 13.9. The van der Waals surface area contributed by atoms with Crippen LogP contribution in [0.4, 0.5) is 4.39 Å². The summed E-state index contributed by atoms with van der Waals surface area (Å²) in [4.78, 5) is 11.9. The van der Waals surface area contributed by atoms with Gasteiger partial charge >= 0.3 is 5.97 Å². The summed E-state index contributed by atoms with van der Waals surface area (Å²) >= 11 is 0. The van der Waals surface area contributed by atoms with Gasteiger partial charge in [-0.05, 0) is 37.6 Å². The van der Waals surface area contributed by atoms with Crippen molar-refractivity contribution >= 4 is 5.97 Å². The first kappa shape index (κ1) is 20.6. The lowest BCUT2D eigenvalue weighted by Gasteiger charge is -2.11. The quantitative estimate of drug-likeness (QED) is 0.596. The van der Waals surface area contributed by atoms with Crippen molar-refractivity contribution in [3.63, 3.8) is 0 Å². The Morgan fingerprint density at radius 1 is 1.07 bits per heavy atom. The van der Waals surface area contributed by atoms with E-state index in [9.17, 15) is 14.3 Å². The van der Waals surface area contributed by atoms with Gasteiger partial charge in [-0.2, -0.15) is 0 Å². The number of hydrogen-bond acceptors (Lipinski definition) is 3. The Morgan fingerprint density at radius 3 is 2.41 bits per heavy atom. The number of halogens is 1. The van der Waals surface area contributed by atoms with Crippen molar-refractivity contribution in [2.24, 2.45) is 0 Å². The van der Waals surface area contributed by atoms with E-state index in [2.05, 4.69) is 5.32 Å². The molecule has 29 heavy (non-hydrogen) atoms. The largest absolute Gasteiger partial charge is 0.496 e. The molecular weight excluding hydrogens is 371 g/mol. The molecule has 0 atom stereocenters. The Bertz CT molecular complexity index is 1010. The number of nitrogens with one attached hydrogen (secondary N) is 1. The van der Waals surface area contributed by atoms with Crippen LogP contribution in [0, 0.1) is 19.7 Å². The number of nitrogens with zero attached hydrogens (tertiary/aromatic N) is 1. The Labute approximate surface area is 169 Å². The van der Waals surface area contributed by atoms with Gasteiger partial charge in [0.1, 0.15) is 11.6 Å². The molecule has 0 aliphatic carbocycles. The van der Waals surface area contributed by atoms with Crippen molar-refractivity contribution in [1.82, 2.24) is 9.88 Å². The molecule has 0 aliphatic rings. The zero-order valence-corrected chi connectivity index (χ0v) is 16.8. The van der Waals surface area contributed by atoms with Crippen molar-refractivity contribution in [3.8, 4) is 5.75 Å². The average Bonchev–Trinajstić information content (AvgIpc) is 2.94. The highest BCUT2D eigenvalue weighted by atomic mass is 19.1. The van der Waals surface area contributed by atoms with Gasteiger partial charge in [0.25, 0.3) is 0 Å². The number of ether oxygens (including phenoxy) is 1. The molecule has 0 aliphatic heterocycles. The Morgan fingerprint density at radius 2 is 1.76 bits per heavy atom. The molecule has 0 spiro atoms. The molecule has 5 nitrogen and oxygen atoms in total. The summed E-state index contributed by atoms with van der Waals surface area (Å²) in [6.45, 7) is 5.20. The third-order valence-corrected chi connectivity index (χ3v) is 5.19. The number of aromatic carboxylic acids is 1. The first-order valence-corrected chi connectivity index (χ1v) is 9.41. The molecule has 0 saturated heterocycles. The van der Waals surface area contributed by atoms with Gasteiger partial charge in [-0.1, -0.05) is 30.3 Å². The van der Waals surface area contributed by atoms with Crippen LogP contribution >= 0.6 is 0 Å². The van der Waals surface area contributed by atoms with Crippen molar-refractivity contribution in [2.45, 2.75) is 33.5 Å². The Hall–Kier alpha value is -3.12. The lowest BCUT2D eigenvalue weighted by Crippen LogP contribution is -2.16. The van der Waals surface area contributed by atoms with E-state index in [0.717, 1.165) is 28.1 Å². The lowest BCUT2D eigenvalue weighted by atomic mass is 10.1. The summed E-state index contributed by atoms with van der Waals surface area (Å²) in [6.07, 6.45) is 0. The van der Waals surface area contributed by atoms with Crippen LogP contribution in [-0.2, 0) is 19.6 Å². The number of aromatic nitrogens is 1. The van der Waals surface area contributed by atoms with Gasteiger partial charge in [-0.15, -0.1) is 0 Å². The molecule has 2 aromatic carbocycles. The highest BCUT2D eigenvalue weighted by Gasteiger charge is 2.22. The van der Waals surface area contributed by atoms with Crippen molar-refractivity contribution in [2.75, 3.05) is 7.11 Å². The van der Waals surface area contributed by atoms with Gasteiger partial charge in [0.05, 0.1) is 12.7 Å². The van der Waals surface area contributed by atoms with Crippen LogP contribution in [0.1, 0.15) is 38.4 Å². The first-order valence-electron chi connectivity index (χ1n) is 9.41. The second-order valence-corrected chi connectivity index (χ2v) is 6.96. The molecule has 1 aromatic heterocycles. The van der Waals surface area contributed by atoms with Gasteiger partial charge < -0.3 is 19.7 Å². The number of methoxy groups -OCH3 is 1. The monoisotopic (exact) mass is 396 g/mol. The van der Waals surface area contributed by atoms with E-state index in [0.29, 0.717) is 30.9 Å². The SMILES string of the molecule is COc1ccccc1CNCc1c(C(=O)O)c(C)n(Cc2ccc(F)cc2)c1C. The third kappa shape index (κ3) is 4.49. The summed E-state index contributed by atoms with van der Waals surface area (Å²) in [5, 5.41) is 13.1. The molecule has 3 rings (SSSR count). The van der Waals surface area contributed by atoms with Crippen molar-refractivity contribution in [1.29, 1.82) is 0 Å². The van der Waals surface area contributed by atoms with E-state index in [1.165, 1.54) is 12.1 Å². The molecular formula is C23H25FN2O3.